The van der Waals surface area contributed by atoms with E-state index in [0.717, 1.165) is 17.8 Å². The summed E-state index contributed by atoms with van der Waals surface area (Å²) in [5, 5.41) is 6.86. The number of aromatic nitrogens is 1. The van der Waals surface area contributed by atoms with E-state index in [2.05, 4.69) is 28.9 Å². The smallest absolute Gasteiger partial charge is 0.257 e. The van der Waals surface area contributed by atoms with Gasteiger partial charge in [-0.3, -0.25) is 4.79 Å². The molecular formula is C13H22N4OS. The van der Waals surface area contributed by atoms with Crippen LogP contribution in [0.3, 0.4) is 0 Å². The van der Waals surface area contributed by atoms with Gasteiger partial charge >= 0.3 is 0 Å². The summed E-state index contributed by atoms with van der Waals surface area (Å²) in [5.41, 5.74) is 6.62. The fourth-order valence-electron chi connectivity index (χ4n) is 2.75. The van der Waals surface area contributed by atoms with E-state index in [9.17, 15) is 4.79 Å². The Bertz CT molecular complexity index is 469. The molecule has 106 valence electrons. The Balaban J connectivity index is 2.13. The Kier molecular flexibility index (Phi) is 3.99. The van der Waals surface area contributed by atoms with E-state index in [0.29, 0.717) is 22.8 Å². The average Bonchev–Trinajstić information content (AvgIpc) is 2.68. The molecule has 0 bridgehead atoms. The van der Waals surface area contributed by atoms with Crippen LogP contribution < -0.4 is 16.4 Å². The predicted octanol–water partition coefficient (Wildman–Crippen LogP) is 2.47. The predicted molar refractivity (Wildman–Crippen MR) is 79.6 cm³/mol. The van der Waals surface area contributed by atoms with Gasteiger partial charge in [0, 0.05) is 13.1 Å². The van der Waals surface area contributed by atoms with Crippen LogP contribution in [0.5, 0.6) is 0 Å². The van der Waals surface area contributed by atoms with Gasteiger partial charge in [-0.15, -0.1) is 0 Å². The molecule has 0 spiro atoms. The van der Waals surface area contributed by atoms with Crippen LogP contribution >= 0.6 is 11.5 Å². The molecule has 1 heterocycles. The van der Waals surface area contributed by atoms with Gasteiger partial charge in [0.15, 0.2) is 5.82 Å². The van der Waals surface area contributed by atoms with Gasteiger partial charge in [-0.25, -0.2) is 0 Å². The number of carbonyl (C=O) groups is 1. The number of amides is 1. The molecule has 4 N–H and O–H groups in total. The summed E-state index contributed by atoms with van der Waals surface area (Å²) in [4.78, 5) is 11.8. The maximum absolute atomic E-state index is 11.8. The largest absolute Gasteiger partial charge is 0.382 e. The first-order valence-electron chi connectivity index (χ1n) is 6.67. The molecule has 1 unspecified atom stereocenters. The summed E-state index contributed by atoms with van der Waals surface area (Å²) >= 11 is 1.27. The second-order valence-electron chi connectivity index (χ2n) is 5.95. The quantitative estimate of drug-likeness (QED) is 0.795. The van der Waals surface area contributed by atoms with Crippen molar-refractivity contribution in [2.45, 2.75) is 45.6 Å². The zero-order valence-electron chi connectivity index (χ0n) is 11.7. The number of carbonyl (C=O) groups excluding carboxylic acids is 1. The minimum absolute atomic E-state index is 0.177. The zero-order valence-corrected chi connectivity index (χ0v) is 12.6. The molecule has 0 saturated heterocycles. The van der Waals surface area contributed by atoms with Crippen molar-refractivity contribution < 1.29 is 4.79 Å². The zero-order chi connectivity index (χ0) is 14.0. The molecule has 1 aromatic rings. The van der Waals surface area contributed by atoms with E-state index in [1.54, 1.807) is 7.05 Å². The molecule has 1 amide bonds. The third-order valence-electron chi connectivity index (χ3n) is 3.71. The van der Waals surface area contributed by atoms with Gasteiger partial charge in [-0.1, -0.05) is 20.3 Å². The number of nitrogen functional groups attached to an aromatic ring is 1. The van der Waals surface area contributed by atoms with Crippen molar-refractivity contribution in [2.24, 2.45) is 5.41 Å². The van der Waals surface area contributed by atoms with E-state index in [-0.39, 0.29) is 5.91 Å². The molecule has 19 heavy (non-hydrogen) atoms. The molecule has 6 heteroatoms. The van der Waals surface area contributed by atoms with Gasteiger partial charge in [-0.2, -0.15) is 4.37 Å². The molecule has 0 aliphatic heterocycles. The number of hydrogen-bond acceptors (Lipinski definition) is 5. The van der Waals surface area contributed by atoms with Crippen LogP contribution in [-0.2, 0) is 0 Å². The normalized spacial score (nSPS) is 21.9. The van der Waals surface area contributed by atoms with E-state index in [1.807, 2.05) is 0 Å². The Labute approximate surface area is 118 Å². The van der Waals surface area contributed by atoms with Crippen molar-refractivity contribution in [1.29, 1.82) is 0 Å². The standard InChI is InChI=1S/C13H22N4OS/c1-13(2)6-4-5-8(7-13)16-12-9(11(18)15-3)10(14)17-19-12/h8,16H,4-7H2,1-3H3,(H2,14,17)(H,15,18). The number of nitrogens with two attached hydrogens (primary N) is 1. The van der Waals surface area contributed by atoms with E-state index in [1.165, 1.54) is 24.4 Å². The number of anilines is 2. The van der Waals surface area contributed by atoms with Gasteiger partial charge in [0.1, 0.15) is 10.6 Å². The lowest BCUT2D eigenvalue weighted by atomic mass is 9.75. The molecule has 1 aliphatic rings. The highest BCUT2D eigenvalue weighted by atomic mass is 32.1. The molecule has 0 aromatic carbocycles. The molecule has 2 rings (SSSR count). The van der Waals surface area contributed by atoms with Gasteiger partial charge in [0.25, 0.3) is 5.91 Å². The van der Waals surface area contributed by atoms with Crippen LogP contribution in [0, 0.1) is 5.41 Å². The highest BCUT2D eigenvalue weighted by molar-refractivity contribution is 7.11. The summed E-state index contributed by atoms with van der Waals surface area (Å²) in [5.74, 6) is 0.130. The van der Waals surface area contributed by atoms with Crippen LogP contribution in [0.25, 0.3) is 0 Å². The first-order valence-corrected chi connectivity index (χ1v) is 7.44. The summed E-state index contributed by atoms with van der Waals surface area (Å²) in [7, 11) is 1.60. The third kappa shape index (κ3) is 3.18. The second kappa shape index (κ2) is 5.36. The molecule has 1 fully saturated rings. The first kappa shape index (κ1) is 14.1. The summed E-state index contributed by atoms with van der Waals surface area (Å²) in [6.45, 7) is 4.59. The fraction of sp³-hybridized carbons (Fsp3) is 0.692. The summed E-state index contributed by atoms with van der Waals surface area (Å²) < 4.78 is 4.08. The third-order valence-corrected chi connectivity index (χ3v) is 4.51. The maximum atomic E-state index is 11.8. The van der Waals surface area contributed by atoms with Gasteiger partial charge < -0.3 is 16.4 Å². The minimum atomic E-state index is -0.177. The first-order chi connectivity index (χ1) is 8.93. The Morgan fingerprint density at radius 1 is 1.53 bits per heavy atom. The molecule has 0 radical (unpaired) electrons. The van der Waals surface area contributed by atoms with Crippen molar-refractivity contribution in [3.63, 3.8) is 0 Å². The van der Waals surface area contributed by atoms with Crippen LogP contribution in [0.2, 0.25) is 0 Å². The highest BCUT2D eigenvalue weighted by Gasteiger charge is 2.29. The monoisotopic (exact) mass is 282 g/mol. The van der Waals surface area contributed by atoms with E-state index >= 15 is 0 Å². The number of nitrogens with zero attached hydrogens (tertiary/aromatic N) is 1. The molecule has 1 aromatic heterocycles. The minimum Gasteiger partial charge on any atom is -0.382 e. The van der Waals surface area contributed by atoms with Crippen LogP contribution in [0.1, 0.15) is 49.9 Å². The lowest BCUT2D eigenvalue weighted by molar-refractivity contribution is 0.0965. The summed E-state index contributed by atoms with van der Waals surface area (Å²) in [6, 6.07) is 0.395. The average molecular weight is 282 g/mol. The molecule has 1 saturated carbocycles. The summed E-state index contributed by atoms with van der Waals surface area (Å²) in [6.07, 6.45) is 4.72. The lowest BCUT2D eigenvalue weighted by Crippen LogP contribution is -2.32. The fourth-order valence-corrected chi connectivity index (χ4v) is 3.54. The topological polar surface area (TPSA) is 80.0 Å². The van der Waals surface area contributed by atoms with Crippen molar-refractivity contribution in [3.8, 4) is 0 Å². The van der Waals surface area contributed by atoms with Crippen LogP contribution in [-0.4, -0.2) is 23.4 Å². The molecule has 1 atom stereocenters. The van der Waals surface area contributed by atoms with Crippen molar-refractivity contribution in [1.82, 2.24) is 9.69 Å². The number of hydrogen-bond donors (Lipinski definition) is 3. The van der Waals surface area contributed by atoms with Crippen molar-refractivity contribution >= 4 is 28.3 Å². The van der Waals surface area contributed by atoms with Gasteiger partial charge in [-0.05, 0) is 36.2 Å². The Hall–Kier alpha value is -1.30. The van der Waals surface area contributed by atoms with E-state index < -0.39 is 0 Å². The van der Waals surface area contributed by atoms with Crippen molar-refractivity contribution in [2.75, 3.05) is 18.1 Å². The SMILES string of the molecule is CNC(=O)c1c(N)nsc1NC1CCCC(C)(C)C1. The van der Waals surface area contributed by atoms with Gasteiger partial charge in [0.05, 0.1) is 0 Å². The number of nitrogens with one attached hydrogen (secondary N) is 2. The van der Waals surface area contributed by atoms with Crippen LogP contribution in [0.15, 0.2) is 0 Å². The van der Waals surface area contributed by atoms with Gasteiger partial charge in [0.2, 0.25) is 0 Å². The Morgan fingerprint density at radius 3 is 2.89 bits per heavy atom. The van der Waals surface area contributed by atoms with Crippen molar-refractivity contribution in [3.05, 3.63) is 5.56 Å². The second-order valence-corrected chi connectivity index (χ2v) is 6.73. The molecule has 1 aliphatic carbocycles. The Morgan fingerprint density at radius 2 is 2.26 bits per heavy atom. The maximum Gasteiger partial charge on any atom is 0.257 e. The number of rotatable bonds is 3. The highest BCUT2D eigenvalue weighted by Crippen LogP contribution is 2.37. The lowest BCUT2D eigenvalue weighted by Gasteiger charge is -2.35. The van der Waals surface area contributed by atoms with E-state index in [4.69, 9.17) is 5.73 Å². The molecular weight excluding hydrogens is 260 g/mol. The van der Waals surface area contributed by atoms with Crippen LogP contribution in [0.4, 0.5) is 10.8 Å². The molecule has 5 nitrogen and oxygen atoms in total.